The molecule has 0 N–H and O–H groups in total. The molecule has 6 aromatic carbocycles. The van der Waals surface area contributed by atoms with Gasteiger partial charge in [0.15, 0.2) is 0 Å². The smallest absolute Gasteiger partial charge is 0.744 e. The van der Waals surface area contributed by atoms with Crippen molar-refractivity contribution in [1.29, 1.82) is 0 Å². The van der Waals surface area contributed by atoms with Gasteiger partial charge in [0, 0.05) is 0 Å². The first kappa shape index (κ1) is 48.9. The first-order chi connectivity index (χ1) is 27.0. The molecule has 0 aromatic heterocycles. The van der Waals surface area contributed by atoms with E-state index in [0.717, 1.165) is 10.8 Å². The van der Waals surface area contributed by atoms with Crippen LogP contribution in [0.3, 0.4) is 0 Å². The number of unbranched alkanes of at least 4 members (excludes halogenated alkanes) is 12. The average molecular weight is 932 g/mol. The number of benzene rings is 6. The van der Waals surface area contributed by atoms with Gasteiger partial charge in [-0.1, -0.05) is 200 Å². The third-order valence-corrected chi connectivity index (χ3v) is 12.0. The van der Waals surface area contributed by atoms with E-state index in [9.17, 15) is 25.9 Å². The molecule has 9 heteroatoms. The van der Waals surface area contributed by atoms with E-state index >= 15 is 0 Å². The fourth-order valence-electron chi connectivity index (χ4n) is 7.27. The molecule has 6 nitrogen and oxygen atoms in total. The second-order valence-electron chi connectivity index (χ2n) is 14.5. The molecule has 0 bridgehead atoms. The Hall–Kier alpha value is -2.51. The molecule has 0 aliphatic heterocycles. The summed E-state index contributed by atoms with van der Waals surface area (Å²) in [5.74, 6) is 0. The minimum absolute atomic E-state index is 0. The van der Waals surface area contributed by atoms with Gasteiger partial charge in [0.05, 0.1) is 9.79 Å². The van der Waals surface area contributed by atoms with Crippen LogP contribution in [0.15, 0.2) is 131 Å². The molecule has 0 saturated heterocycles. The normalized spacial score (nSPS) is 11.4. The van der Waals surface area contributed by atoms with Gasteiger partial charge in [-0.05, 0) is 81.3 Å². The Morgan fingerprint density at radius 2 is 0.737 bits per heavy atom. The van der Waals surface area contributed by atoms with Crippen LogP contribution in [0, 0.1) is 0 Å². The summed E-state index contributed by atoms with van der Waals surface area (Å²) in [5.41, 5.74) is 3.27. The zero-order chi connectivity index (χ0) is 40.2. The molecular formula is C48H58BaO6S2. The van der Waals surface area contributed by atoms with E-state index in [1.54, 1.807) is 83.9 Å². The summed E-state index contributed by atoms with van der Waals surface area (Å²) in [6.45, 7) is 4.60. The van der Waals surface area contributed by atoms with Crippen molar-refractivity contribution in [3.8, 4) is 0 Å². The molecule has 0 unspecified atom stereocenters. The molecule has 6 rings (SSSR count). The summed E-state index contributed by atoms with van der Waals surface area (Å²) < 4.78 is 65.3. The van der Waals surface area contributed by atoms with Crippen LogP contribution in [0.1, 0.15) is 115 Å². The predicted octanol–water partition coefficient (Wildman–Crippen LogP) is 12.5. The van der Waals surface area contributed by atoms with Crippen LogP contribution >= 0.6 is 0 Å². The maximum Gasteiger partial charge on any atom is 2.00 e. The van der Waals surface area contributed by atoms with Crippen LogP contribution in [0.5, 0.6) is 0 Å². The minimum atomic E-state index is -4.38. The fourth-order valence-corrected chi connectivity index (χ4v) is 8.67. The quantitative estimate of drug-likeness (QED) is 0.0482. The molecule has 0 amide bonds. The molecule has 0 aliphatic rings. The van der Waals surface area contributed by atoms with E-state index in [1.165, 1.54) is 126 Å². The van der Waals surface area contributed by atoms with E-state index in [1.807, 2.05) is 0 Å². The molecule has 0 fully saturated rings. The zero-order valence-corrected chi connectivity index (χ0v) is 39.9. The summed E-state index contributed by atoms with van der Waals surface area (Å²) in [6, 6.07) is 36.9. The Morgan fingerprint density at radius 1 is 0.386 bits per heavy atom. The monoisotopic (exact) mass is 932 g/mol. The third kappa shape index (κ3) is 16.2. The molecule has 300 valence electrons. The van der Waals surface area contributed by atoms with E-state index in [0.29, 0.717) is 10.8 Å². The minimum Gasteiger partial charge on any atom is -0.744 e. The van der Waals surface area contributed by atoms with Gasteiger partial charge in [-0.15, -0.1) is 0 Å². The van der Waals surface area contributed by atoms with Crippen molar-refractivity contribution in [1.82, 2.24) is 0 Å². The van der Waals surface area contributed by atoms with Crippen molar-refractivity contribution in [2.75, 3.05) is 0 Å². The molecule has 6 aromatic rings. The number of rotatable bonds is 18. The van der Waals surface area contributed by atoms with Crippen molar-refractivity contribution in [2.24, 2.45) is 0 Å². The van der Waals surface area contributed by atoms with Gasteiger partial charge in [0.25, 0.3) is 0 Å². The van der Waals surface area contributed by atoms with E-state index < -0.39 is 20.2 Å². The van der Waals surface area contributed by atoms with E-state index in [-0.39, 0.29) is 58.7 Å². The van der Waals surface area contributed by atoms with Gasteiger partial charge < -0.3 is 9.11 Å². The average Bonchev–Trinajstić information content (AvgIpc) is 3.20. The second-order valence-corrected chi connectivity index (χ2v) is 17.2. The maximum atomic E-state index is 10.9. The van der Waals surface area contributed by atoms with E-state index in [4.69, 9.17) is 0 Å². The second kappa shape index (κ2) is 25.9. The topological polar surface area (TPSA) is 114 Å². The van der Waals surface area contributed by atoms with Crippen molar-refractivity contribution in [2.45, 2.75) is 126 Å². The van der Waals surface area contributed by atoms with Gasteiger partial charge >= 0.3 is 48.9 Å². The zero-order valence-electron chi connectivity index (χ0n) is 33.8. The van der Waals surface area contributed by atoms with E-state index in [2.05, 4.69) is 50.2 Å². The number of hydrogen-bond acceptors (Lipinski definition) is 6. The first-order valence-electron chi connectivity index (χ1n) is 20.4. The number of hydrogen-bond donors (Lipinski definition) is 0. The molecule has 0 heterocycles. The molecule has 57 heavy (non-hydrogen) atoms. The van der Waals surface area contributed by atoms with Crippen LogP contribution in [-0.4, -0.2) is 74.8 Å². The van der Waals surface area contributed by atoms with Crippen molar-refractivity contribution in [3.63, 3.8) is 0 Å². The third-order valence-electron chi connectivity index (χ3n) is 10.3. The Labute approximate surface area is 382 Å². The number of aryl methyl sites for hydroxylation is 2. The van der Waals surface area contributed by atoms with Gasteiger partial charge in [0.1, 0.15) is 20.2 Å². The Bertz CT molecular complexity index is 2210. The maximum absolute atomic E-state index is 10.9. The SMILES string of the molecule is CCCCCCCCCc1ccc2ccccc2c1CCCCCCCCC.O=S(=O)([O-])c1cccc2ccccc12.O=S(=O)([O-])c1cccc2ccccc12.[Ba+2]. The molecular weight excluding hydrogens is 874 g/mol. The first-order valence-corrected chi connectivity index (χ1v) is 23.2. The summed E-state index contributed by atoms with van der Waals surface area (Å²) in [6.07, 6.45) is 22.1. The van der Waals surface area contributed by atoms with Crippen molar-refractivity contribution in [3.05, 3.63) is 132 Å². The van der Waals surface area contributed by atoms with Crippen molar-refractivity contribution >= 4 is 101 Å². The summed E-state index contributed by atoms with van der Waals surface area (Å²) in [4.78, 5) is -0.314. The van der Waals surface area contributed by atoms with Crippen LogP contribution in [0.25, 0.3) is 32.3 Å². The predicted molar refractivity (Wildman–Crippen MR) is 237 cm³/mol. The summed E-state index contributed by atoms with van der Waals surface area (Å²) >= 11 is 0. The van der Waals surface area contributed by atoms with Crippen LogP contribution < -0.4 is 0 Å². The molecule has 0 saturated carbocycles. The molecule has 0 atom stereocenters. The van der Waals surface area contributed by atoms with Gasteiger partial charge in [0.2, 0.25) is 0 Å². The number of fused-ring (bicyclic) bond motifs is 3. The molecule has 0 aliphatic carbocycles. The van der Waals surface area contributed by atoms with Crippen molar-refractivity contribution < 1.29 is 25.9 Å². The molecule has 0 radical (unpaired) electrons. The summed E-state index contributed by atoms with van der Waals surface area (Å²) in [5, 5.41) is 5.39. The molecule has 0 spiro atoms. The standard InChI is InChI=1S/C28H44.2C10H8O3S.Ba/c1-3-5-7-9-11-13-15-19-25-23-24-26-20-17-18-22-28(26)27(25)21-16-14-12-10-8-6-4-2;2*11-14(12,13)10-7-3-5-8-4-1-2-6-9(8)10;/h17-18,20,22-24H,3-16,19,21H2,1-2H3;2*1-7H,(H,11,12,13);/q;;;+2/p-2. The van der Waals surface area contributed by atoms with Crippen LogP contribution in [0.2, 0.25) is 0 Å². The largest absolute Gasteiger partial charge is 2.00 e. The van der Waals surface area contributed by atoms with Crippen LogP contribution in [0.4, 0.5) is 0 Å². The Balaban J connectivity index is 0.000000250. The Kier molecular flexibility index (Phi) is 22.2. The Morgan fingerprint density at radius 3 is 1.18 bits per heavy atom. The summed E-state index contributed by atoms with van der Waals surface area (Å²) in [7, 11) is -8.76. The fraction of sp³-hybridized carbons (Fsp3) is 0.375. The van der Waals surface area contributed by atoms with Gasteiger partial charge in [-0.3, -0.25) is 0 Å². The van der Waals surface area contributed by atoms with Gasteiger partial charge in [-0.25, -0.2) is 16.8 Å². The van der Waals surface area contributed by atoms with Gasteiger partial charge in [-0.2, -0.15) is 0 Å². The van der Waals surface area contributed by atoms with Crippen LogP contribution in [-0.2, 0) is 33.1 Å².